The second-order valence-electron chi connectivity index (χ2n) is 5.95. The zero-order valence-corrected chi connectivity index (χ0v) is 13.7. The number of esters is 1. The zero-order valence-electron chi connectivity index (χ0n) is 12.9. The Bertz CT molecular complexity index is 595. The molecule has 0 N–H and O–H groups in total. The number of carbonyl (C=O) groups excluding carboxylic acids is 1. The molecule has 1 aromatic carbocycles. The normalized spacial score (nSPS) is 14.1. The maximum atomic E-state index is 12.0. The Kier molecular flexibility index (Phi) is 5.72. The summed E-state index contributed by atoms with van der Waals surface area (Å²) in [7, 11) is -3.46. The van der Waals surface area contributed by atoms with Crippen molar-refractivity contribution < 1.29 is 17.9 Å². The van der Waals surface area contributed by atoms with Gasteiger partial charge in [0.25, 0.3) is 0 Å². The van der Waals surface area contributed by atoms with E-state index in [1.165, 1.54) is 18.2 Å². The molecule has 0 spiro atoms. The van der Waals surface area contributed by atoms with Gasteiger partial charge in [-0.3, -0.25) is 4.79 Å². The number of rotatable bonds is 5. The minimum Gasteiger partial charge on any atom is -0.460 e. The largest absolute Gasteiger partial charge is 0.460 e. The molecule has 0 heterocycles. The summed E-state index contributed by atoms with van der Waals surface area (Å²) in [6.45, 7) is 7.17. The van der Waals surface area contributed by atoms with Gasteiger partial charge in [0.1, 0.15) is 5.60 Å². The van der Waals surface area contributed by atoms with Gasteiger partial charge in [-0.15, -0.1) is 0 Å². The van der Waals surface area contributed by atoms with E-state index in [0.717, 1.165) is 5.41 Å². The van der Waals surface area contributed by atoms with Gasteiger partial charge in [0.05, 0.1) is 11.3 Å². The lowest BCUT2D eigenvalue weighted by Gasteiger charge is -2.20. The molecule has 0 radical (unpaired) electrons. The summed E-state index contributed by atoms with van der Waals surface area (Å²) >= 11 is 0. The Morgan fingerprint density at radius 3 is 2.33 bits per heavy atom. The van der Waals surface area contributed by atoms with Crippen molar-refractivity contribution in [3.63, 3.8) is 0 Å². The van der Waals surface area contributed by atoms with Crippen molar-refractivity contribution in [1.82, 2.24) is 0 Å². The minimum atomic E-state index is -3.46. The van der Waals surface area contributed by atoms with Crippen molar-refractivity contribution in [1.29, 1.82) is 0 Å². The molecule has 0 fully saturated rings. The van der Waals surface area contributed by atoms with Crippen LogP contribution < -0.4 is 0 Å². The molecule has 21 heavy (non-hydrogen) atoms. The number of benzene rings is 1. The molecule has 1 aromatic rings. The quantitative estimate of drug-likeness (QED) is 0.783. The van der Waals surface area contributed by atoms with Crippen LogP contribution >= 0.6 is 0 Å². The van der Waals surface area contributed by atoms with Crippen LogP contribution in [0, 0.1) is 5.92 Å². The molecule has 4 nitrogen and oxygen atoms in total. The molecule has 0 unspecified atom stereocenters. The first kappa shape index (κ1) is 17.4. The van der Waals surface area contributed by atoms with Crippen LogP contribution in [0.5, 0.6) is 0 Å². The molecule has 0 aliphatic heterocycles. The van der Waals surface area contributed by atoms with Crippen molar-refractivity contribution in [2.45, 2.75) is 44.6 Å². The smallest absolute Gasteiger partial charge is 0.306 e. The van der Waals surface area contributed by atoms with Gasteiger partial charge in [-0.25, -0.2) is 8.42 Å². The fourth-order valence-electron chi connectivity index (χ4n) is 1.64. The molecule has 0 saturated carbocycles. The van der Waals surface area contributed by atoms with E-state index in [0.29, 0.717) is 0 Å². The molecule has 1 atom stereocenters. The predicted octanol–water partition coefficient (Wildman–Crippen LogP) is 3.34. The van der Waals surface area contributed by atoms with Gasteiger partial charge >= 0.3 is 5.97 Å². The van der Waals surface area contributed by atoms with Gasteiger partial charge in [0.2, 0.25) is 0 Å². The first-order valence-electron chi connectivity index (χ1n) is 6.80. The third-order valence-electron chi connectivity index (χ3n) is 2.57. The van der Waals surface area contributed by atoms with E-state index in [1.54, 1.807) is 45.9 Å². The Balaban J connectivity index is 2.66. The monoisotopic (exact) mass is 310 g/mol. The number of hydrogen-bond donors (Lipinski definition) is 0. The second-order valence-corrected chi connectivity index (χ2v) is 7.79. The van der Waals surface area contributed by atoms with Crippen LogP contribution in [-0.2, 0) is 19.4 Å². The number of sulfone groups is 1. The highest BCUT2D eigenvalue weighted by atomic mass is 32.2. The van der Waals surface area contributed by atoms with E-state index in [2.05, 4.69) is 0 Å². The fraction of sp³-hybridized carbons (Fsp3) is 0.438. The van der Waals surface area contributed by atoms with E-state index in [1.807, 2.05) is 0 Å². The van der Waals surface area contributed by atoms with Crippen LogP contribution in [0.3, 0.4) is 0 Å². The Morgan fingerprint density at radius 2 is 1.81 bits per heavy atom. The van der Waals surface area contributed by atoms with E-state index in [9.17, 15) is 13.2 Å². The maximum Gasteiger partial charge on any atom is 0.306 e. The van der Waals surface area contributed by atoms with E-state index in [-0.39, 0.29) is 23.2 Å². The third-order valence-corrected chi connectivity index (χ3v) is 4.01. The molecular weight excluding hydrogens is 288 g/mol. The van der Waals surface area contributed by atoms with Gasteiger partial charge in [-0.1, -0.05) is 31.2 Å². The molecule has 0 amide bonds. The molecular formula is C16H22O4S. The minimum absolute atomic E-state index is 0.151. The molecule has 116 valence electrons. The average molecular weight is 310 g/mol. The molecule has 0 aromatic heterocycles. The number of ether oxygens (including phenoxy) is 1. The van der Waals surface area contributed by atoms with E-state index < -0.39 is 15.4 Å². The Hall–Kier alpha value is -1.62. The van der Waals surface area contributed by atoms with Gasteiger partial charge < -0.3 is 4.74 Å². The lowest BCUT2D eigenvalue weighted by atomic mass is 10.1. The second kappa shape index (κ2) is 6.89. The zero-order chi connectivity index (χ0) is 16.1. The first-order chi connectivity index (χ1) is 9.60. The summed E-state index contributed by atoms with van der Waals surface area (Å²) in [4.78, 5) is 11.9. The molecule has 1 rings (SSSR count). The molecule has 0 bridgehead atoms. The van der Waals surface area contributed by atoms with Crippen LogP contribution in [-0.4, -0.2) is 20.0 Å². The maximum absolute atomic E-state index is 12.0. The predicted molar refractivity (Wildman–Crippen MR) is 82.4 cm³/mol. The first-order valence-corrected chi connectivity index (χ1v) is 8.35. The standard InChI is InChI=1S/C16H22O4S/c1-13(12-15(17)20-16(2,3)4)10-11-21(18,19)14-8-6-5-7-9-14/h5-11,13H,12H2,1-4H3/b11-10+/t13-/m1/s1. The lowest BCUT2D eigenvalue weighted by Crippen LogP contribution is -2.24. The molecule has 0 aliphatic carbocycles. The Morgan fingerprint density at radius 1 is 1.24 bits per heavy atom. The van der Waals surface area contributed by atoms with Crippen LogP contribution in [0.25, 0.3) is 0 Å². The van der Waals surface area contributed by atoms with Crippen LogP contribution in [0.4, 0.5) is 0 Å². The summed E-state index contributed by atoms with van der Waals surface area (Å²) in [6, 6.07) is 8.18. The Labute approximate surface area is 126 Å². The number of allylic oxidation sites excluding steroid dienone is 1. The van der Waals surface area contributed by atoms with E-state index in [4.69, 9.17) is 4.74 Å². The van der Waals surface area contributed by atoms with Gasteiger partial charge in [-0.05, 0) is 38.8 Å². The van der Waals surface area contributed by atoms with Crippen LogP contribution in [0.15, 0.2) is 46.7 Å². The summed E-state index contributed by atoms with van der Waals surface area (Å²) < 4.78 is 29.3. The van der Waals surface area contributed by atoms with E-state index >= 15 is 0 Å². The summed E-state index contributed by atoms with van der Waals surface area (Å²) in [5.41, 5.74) is -0.531. The van der Waals surface area contributed by atoms with Crippen LogP contribution in [0.1, 0.15) is 34.1 Å². The highest BCUT2D eigenvalue weighted by Gasteiger charge is 2.18. The number of carbonyl (C=O) groups is 1. The topological polar surface area (TPSA) is 60.4 Å². The van der Waals surface area contributed by atoms with Crippen molar-refractivity contribution in [2.75, 3.05) is 0 Å². The summed E-state index contributed by atoms with van der Waals surface area (Å²) in [6.07, 6.45) is 1.67. The SMILES string of the molecule is C[C@H](/C=C/S(=O)(=O)c1ccccc1)CC(=O)OC(C)(C)C. The fourth-order valence-corrected chi connectivity index (χ4v) is 2.81. The third kappa shape index (κ3) is 6.58. The van der Waals surface area contributed by atoms with Crippen molar-refractivity contribution in [2.24, 2.45) is 5.92 Å². The molecule has 0 aliphatic rings. The highest BCUT2D eigenvalue weighted by Crippen LogP contribution is 2.15. The molecule has 0 saturated heterocycles. The summed E-state index contributed by atoms with van der Waals surface area (Å²) in [5, 5.41) is 1.15. The molecule has 5 heteroatoms. The average Bonchev–Trinajstić information content (AvgIpc) is 2.35. The van der Waals surface area contributed by atoms with Gasteiger partial charge in [-0.2, -0.15) is 0 Å². The van der Waals surface area contributed by atoms with Crippen molar-refractivity contribution in [3.8, 4) is 0 Å². The van der Waals surface area contributed by atoms with Crippen molar-refractivity contribution in [3.05, 3.63) is 41.8 Å². The van der Waals surface area contributed by atoms with Gasteiger partial charge in [0, 0.05) is 5.41 Å². The van der Waals surface area contributed by atoms with Gasteiger partial charge in [0.15, 0.2) is 9.84 Å². The lowest BCUT2D eigenvalue weighted by molar-refractivity contribution is -0.155. The summed E-state index contributed by atoms with van der Waals surface area (Å²) in [5.74, 6) is -0.546. The van der Waals surface area contributed by atoms with Crippen molar-refractivity contribution >= 4 is 15.8 Å². The highest BCUT2D eigenvalue weighted by molar-refractivity contribution is 7.94. The number of hydrogen-bond acceptors (Lipinski definition) is 4. The van der Waals surface area contributed by atoms with Crippen LogP contribution in [0.2, 0.25) is 0 Å².